The van der Waals surface area contributed by atoms with E-state index in [1.165, 1.54) is 51.2 Å². The minimum Gasteiger partial charge on any atom is -0.327 e. The number of carbonyl (C=O) groups is 2. The van der Waals surface area contributed by atoms with Crippen molar-refractivity contribution in [1.29, 1.82) is 0 Å². The SMILES string of the molecule is CC(=O)c1ccn(C(F)F)n1.CC=O.CCCC(CCC)C(N)Cc1cccc(Cl)c1. The number of hydrogen-bond donors (Lipinski definition) is 1. The van der Waals surface area contributed by atoms with E-state index in [-0.39, 0.29) is 17.5 Å². The van der Waals surface area contributed by atoms with Crippen molar-refractivity contribution in [2.45, 2.75) is 72.4 Å². The highest BCUT2D eigenvalue weighted by atomic mass is 35.5. The van der Waals surface area contributed by atoms with Crippen LogP contribution >= 0.6 is 11.6 Å². The molecular formula is C23H34ClF2N3O2. The average Bonchev–Trinajstić information content (AvgIpc) is 3.20. The van der Waals surface area contributed by atoms with Gasteiger partial charge in [-0.1, -0.05) is 50.4 Å². The summed E-state index contributed by atoms with van der Waals surface area (Å²) in [5, 5.41) is 4.13. The molecule has 0 aliphatic carbocycles. The number of aldehydes is 1. The van der Waals surface area contributed by atoms with Gasteiger partial charge < -0.3 is 10.5 Å². The number of hydrogen-bond acceptors (Lipinski definition) is 4. The number of rotatable bonds is 9. The minimum atomic E-state index is -2.68. The molecule has 1 aromatic heterocycles. The standard InChI is InChI=1S/C15H24ClN.C6H6F2N2O.C2H4O/c1-3-6-13(7-4-2)15(17)11-12-8-5-9-14(16)10-12;1-4(11)5-2-3-10(9-5)6(7)8;1-2-3/h5,8-10,13,15H,3-4,6-7,11,17H2,1-2H3;2-3,6H,1H3;2H,1H3. The van der Waals surface area contributed by atoms with E-state index < -0.39 is 6.55 Å². The molecule has 8 heteroatoms. The molecule has 1 aromatic carbocycles. The molecule has 0 saturated heterocycles. The van der Waals surface area contributed by atoms with Crippen molar-refractivity contribution in [2.24, 2.45) is 11.7 Å². The Morgan fingerprint density at radius 2 is 1.81 bits per heavy atom. The fraction of sp³-hybridized carbons (Fsp3) is 0.522. The molecule has 0 bridgehead atoms. The van der Waals surface area contributed by atoms with E-state index in [1.807, 2.05) is 18.2 Å². The van der Waals surface area contributed by atoms with Crippen LogP contribution in [0.3, 0.4) is 0 Å². The molecule has 1 heterocycles. The fourth-order valence-electron chi connectivity index (χ4n) is 3.05. The van der Waals surface area contributed by atoms with Gasteiger partial charge >= 0.3 is 6.55 Å². The zero-order valence-corrected chi connectivity index (χ0v) is 19.5. The van der Waals surface area contributed by atoms with Crippen LogP contribution in [0.5, 0.6) is 0 Å². The number of Topliss-reactive ketones (excluding diaryl/α,β-unsaturated/α-hetero) is 1. The van der Waals surface area contributed by atoms with Gasteiger partial charge in [0.2, 0.25) is 0 Å². The lowest BCUT2D eigenvalue weighted by Crippen LogP contribution is -2.32. The summed E-state index contributed by atoms with van der Waals surface area (Å²) in [6.07, 6.45) is 7.65. The summed E-state index contributed by atoms with van der Waals surface area (Å²) in [5.41, 5.74) is 7.64. The molecule has 0 amide bonds. The van der Waals surface area contributed by atoms with Gasteiger partial charge in [0.1, 0.15) is 12.0 Å². The van der Waals surface area contributed by atoms with Crippen LogP contribution in [0.4, 0.5) is 8.78 Å². The third-order valence-corrected chi connectivity index (χ3v) is 4.69. The van der Waals surface area contributed by atoms with Crippen LogP contribution in [0.25, 0.3) is 0 Å². The van der Waals surface area contributed by atoms with Crippen molar-refractivity contribution >= 4 is 23.7 Å². The first-order valence-corrected chi connectivity index (χ1v) is 10.8. The largest absolute Gasteiger partial charge is 0.333 e. The maximum Gasteiger partial charge on any atom is 0.333 e. The Kier molecular flexibility index (Phi) is 15.4. The van der Waals surface area contributed by atoms with Gasteiger partial charge in [-0.05, 0) is 55.9 Å². The van der Waals surface area contributed by atoms with Crippen LogP contribution in [-0.2, 0) is 11.2 Å². The molecule has 2 aromatic rings. The van der Waals surface area contributed by atoms with E-state index >= 15 is 0 Å². The summed E-state index contributed by atoms with van der Waals surface area (Å²) in [4.78, 5) is 19.4. The van der Waals surface area contributed by atoms with Crippen molar-refractivity contribution in [1.82, 2.24) is 9.78 Å². The van der Waals surface area contributed by atoms with E-state index in [2.05, 4.69) is 25.0 Å². The zero-order chi connectivity index (χ0) is 23.8. The van der Waals surface area contributed by atoms with Gasteiger partial charge in [0.25, 0.3) is 0 Å². The summed E-state index contributed by atoms with van der Waals surface area (Å²) in [6.45, 7) is 4.50. The maximum absolute atomic E-state index is 11.8. The highest BCUT2D eigenvalue weighted by molar-refractivity contribution is 6.30. The van der Waals surface area contributed by atoms with Crippen molar-refractivity contribution in [3.05, 3.63) is 52.8 Å². The lowest BCUT2D eigenvalue weighted by Gasteiger charge is -2.23. The van der Waals surface area contributed by atoms with Gasteiger partial charge in [-0.3, -0.25) is 4.79 Å². The second-order valence-electron chi connectivity index (χ2n) is 7.09. The molecule has 0 spiro atoms. The number of halogens is 3. The first kappa shape index (κ1) is 28.9. The Morgan fingerprint density at radius 3 is 2.19 bits per heavy atom. The highest BCUT2D eigenvalue weighted by Gasteiger charge is 2.16. The highest BCUT2D eigenvalue weighted by Crippen LogP contribution is 2.20. The van der Waals surface area contributed by atoms with Crippen LogP contribution in [0, 0.1) is 5.92 Å². The maximum atomic E-state index is 11.8. The van der Waals surface area contributed by atoms with Crippen molar-refractivity contribution < 1.29 is 18.4 Å². The molecule has 1 atom stereocenters. The first-order chi connectivity index (χ1) is 14.7. The van der Waals surface area contributed by atoms with Crippen molar-refractivity contribution in [3.8, 4) is 0 Å². The van der Waals surface area contributed by atoms with Crippen molar-refractivity contribution in [3.63, 3.8) is 0 Å². The van der Waals surface area contributed by atoms with Crippen LogP contribution in [0.2, 0.25) is 5.02 Å². The summed E-state index contributed by atoms with van der Waals surface area (Å²) in [6, 6.07) is 9.56. The third kappa shape index (κ3) is 12.4. The molecule has 31 heavy (non-hydrogen) atoms. The number of carbonyl (C=O) groups excluding carboxylic acids is 2. The Hall–Kier alpha value is -2.12. The third-order valence-electron chi connectivity index (χ3n) is 4.45. The molecule has 2 N–H and O–H groups in total. The summed E-state index contributed by atoms with van der Waals surface area (Å²) in [5.74, 6) is 0.327. The Balaban J connectivity index is 0.000000551. The van der Waals surface area contributed by atoms with E-state index in [0.717, 1.165) is 23.9 Å². The number of ketones is 1. The molecule has 0 aliphatic heterocycles. The van der Waals surface area contributed by atoms with Crippen LogP contribution in [0.1, 0.15) is 76.0 Å². The molecule has 0 saturated carbocycles. The summed E-state index contributed by atoms with van der Waals surface area (Å²) in [7, 11) is 0. The number of nitrogens with two attached hydrogens (primary N) is 1. The van der Waals surface area contributed by atoms with E-state index in [4.69, 9.17) is 22.1 Å². The minimum absolute atomic E-state index is 0.0605. The Bertz CT molecular complexity index is 763. The lowest BCUT2D eigenvalue weighted by atomic mass is 9.87. The summed E-state index contributed by atoms with van der Waals surface area (Å²) >= 11 is 5.99. The Labute approximate surface area is 189 Å². The second-order valence-corrected chi connectivity index (χ2v) is 7.52. The number of alkyl halides is 2. The quantitative estimate of drug-likeness (QED) is 0.364. The van der Waals surface area contributed by atoms with Gasteiger partial charge in [0, 0.05) is 24.2 Å². The van der Waals surface area contributed by atoms with Crippen LogP contribution in [0.15, 0.2) is 36.5 Å². The van der Waals surface area contributed by atoms with Gasteiger partial charge in [-0.25, -0.2) is 4.68 Å². The molecule has 1 unspecified atom stereocenters. The molecule has 2 rings (SSSR count). The smallest absolute Gasteiger partial charge is 0.327 e. The Morgan fingerprint density at radius 1 is 1.23 bits per heavy atom. The van der Waals surface area contributed by atoms with Crippen molar-refractivity contribution in [2.75, 3.05) is 0 Å². The monoisotopic (exact) mass is 457 g/mol. The molecular weight excluding hydrogens is 424 g/mol. The van der Waals surface area contributed by atoms with Gasteiger partial charge in [0.05, 0.1) is 0 Å². The second kappa shape index (κ2) is 16.6. The van der Waals surface area contributed by atoms with Crippen LogP contribution in [-0.4, -0.2) is 27.9 Å². The van der Waals surface area contributed by atoms with Gasteiger partial charge in [-0.2, -0.15) is 13.9 Å². The molecule has 0 aliphatic rings. The van der Waals surface area contributed by atoms with E-state index in [9.17, 15) is 13.6 Å². The lowest BCUT2D eigenvalue weighted by molar-refractivity contribution is -0.106. The fourth-order valence-corrected chi connectivity index (χ4v) is 3.26. The number of aromatic nitrogens is 2. The zero-order valence-electron chi connectivity index (χ0n) is 18.7. The first-order valence-electron chi connectivity index (χ1n) is 10.4. The predicted octanol–water partition coefficient (Wildman–Crippen LogP) is 6.11. The molecule has 5 nitrogen and oxygen atoms in total. The van der Waals surface area contributed by atoms with Gasteiger partial charge in [-0.15, -0.1) is 0 Å². The van der Waals surface area contributed by atoms with E-state index in [1.54, 1.807) is 0 Å². The predicted molar refractivity (Wildman–Crippen MR) is 122 cm³/mol. The van der Waals surface area contributed by atoms with Crippen LogP contribution < -0.4 is 5.73 Å². The molecule has 0 fully saturated rings. The van der Waals surface area contributed by atoms with Gasteiger partial charge in [0.15, 0.2) is 5.78 Å². The summed E-state index contributed by atoms with van der Waals surface area (Å²) < 4.78 is 24.1. The normalized spacial score (nSPS) is 11.3. The average molecular weight is 458 g/mol. The number of benzene rings is 1. The topological polar surface area (TPSA) is 78.0 Å². The molecule has 174 valence electrons. The van der Waals surface area contributed by atoms with E-state index in [0.29, 0.717) is 10.6 Å². The number of nitrogens with zero attached hydrogens (tertiary/aromatic N) is 2. The molecule has 0 radical (unpaired) electrons.